The molecule has 6 heteroatoms. The number of halogens is 1. The van der Waals surface area contributed by atoms with E-state index in [1.165, 1.54) is 12.8 Å². The SMILES string of the molecule is CCC1CN(C2CCCC2)c2nc(Cl)ncc2NC1=O. The van der Waals surface area contributed by atoms with Crippen LogP contribution in [0.1, 0.15) is 39.0 Å². The summed E-state index contributed by atoms with van der Waals surface area (Å²) in [7, 11) is 0. The van der Waals surface area contributed by atoms with Crippen LogP contribution in [0.15, 0.2) is 6.20 Å². The van der Waals surface area contributed by atoms with Gasteiger partial charge < -0.3 is 10.2 Å². The number of carbonyl (C=O) groups excluding carboxylic acids is 1. The van der Waals surface area contributed by atoms with Gasteiger partial charge in [-0.25, -0.2) is 4.98 Å². The zero-order valence-electron chi connectivity index (χ0n) is 11.6. The van der Waals surface area contributed by atoms with Crippen molar-refractivity contribution < 1.29 is 4.79 Å². The van der Waals surface area contributed by atoms with Crippen molar-refractivity contribution in [3.63, 3.8) is 0 Å². The molecule has 1 atom stereocenters. The molecule has 1 N–H and O–H groups in total. The first-order valence-corrected chi connectivity index (χ1v) is 7.67. The highest BCUT2D eigenvalue weighted by atomic mass is 35.5. The summed E-state index contributed by atoms with van der Waals surface area (Å²) in [4.78, 5) is 22.9. The lowest BCUT2D eigenvalue weighted by Gasteiger charge is -2.31. The Bertz CT molecular complexity index is 516. The van der Waals surface area contributed by atoms with E-state index in [9.17, 15) is 4.79 Å². The molecule has 108 valence electrons. The normalized spacial score (nSPS) is 23.4. The highest BCUT2D eigenvalue weighted by Gasteiger charge is 2.33. The third kappa shape index (κ3) is 2.46. The molecule has 0 bridgehead atoms. The molecule has 2 aliphatic rings. The average molecular weight is 295 g/mol. The Morgan fingerprint density at radius 3 is 2.90 bits per heavy atom. The van der Waals surface area contributed by atoms with Crippen LogP contribution in [0.25, 0.3) is 0 Å². The molecule has 1 fully saturated rings. The van der Waals surface area contributed by atoms with E-state index in [-0.39, 0.29) is 17.1 Å². The Hall–Kier alpha value is -1.36. The quantitative estimate of drug-likeness (QED) is 0.852. The Balaban J connectivity index is 2.01. The van der Waals surface area contributed by atoms with Gasteiger partial charge in [0.05, 0.1) is 12.1 Å². The number of nitrogens with zero attached hydrogens (tertiary/aromatic N) is 3. The summed E-state index contributed by atoms with van der Waals surface area (Å²) in [5.41, 5.74) is 0.683. The fourth-order valence-corrected chi connectivity index (χ4v) is 3.28. The van der Waals surface area contributed by atoms with Gasteiger partial charge in [0.1, 0.15) is 5.69 Å². The smallest absolute Gasteiger partial charge is 0.229 e. The minimum atomic E-state index is -0.0106. The van der Waals surface area contributed by atoms with Crippen LogP contribution in [0.3, 0.4) is 0 Å². The van der Waals surface area contributed by atoms with Gasteiger partial charge in [0.15, 0.2) is 5.82 Å². The van der Waals surface area contributed by atoms with Crippen molar-refractivity contribution in [2.75, 3.05) is 16.8 Å². The van der Waals surface area contributed by atoms with Gasteiger partial charge in [-0.15, -0.1) is 0 Å². The lowest BCUT2D eigenvalue weighted by atomic mass is 10.0. The highest BCUT2D eigenvalue weighted by Crippen LogP contribution is 2.35. The van der Waals surface area contributed by atoms with Gasteiger partial charge >= 0.3 is 0 Å². The molecular weight excluding hydrogens is 276 g/mol. The summed E-state index contributed by atoms with van der Waals surface area (Å²) >= 11 is 5.95. The monoisotopic (exact) mass is 294 g/mol. The van der Waals surface area contributed by atoms with Crippen molar-refractivity contribution in [3.8, 4) is 0 Å². The largest absolute Gasteiger partial charge is 0.351 e. The molecule has 3 rings (SSSR count). The molecular formula is C14H19ClN4O. The van der Waals surface area contributed by atoms with Crippen molar-refractivity contribution in [2.24, 2.45) is 5.92 Å². The van der Waals surface area contributed by atoms with E-state index in [0.717, 1.165) is 25.1 Å². The summed E-state index contributed by atoms with van der Waals surface area (Å²) in [6.07, 6.45) is 7.24. The standard InChI is InChI=1S/C14H19ClN4O/c1-2-9-8-19(10-5-3-4-6-10)12-11(17-13(9)20)7-16-14(15)18-12/h7,9-10H,2-6,8H2,1H3,(H,17,20). The third-order valence-corrected chi connectivity index (χ3v) is 4.50. The van der Waals surface area contributed by atoms with Crippen molar-refractivity contribution in [2.45, 2.75) is 45.1 Å². The van der Waals surface area contributed by atoms with Crippen LogP contribution in [-0.4, -0.2) is 28.5 Å². The van der Waals surface area contributed by atoms with Crippen LogP contribution < -0.4 is 10.2 Å². The van der Waals surface area contributed by atoms with Crippen molar-refractivity contribution in [3.05, 3.63) is 11.5 Å². The lowest BCUT2D eigenvalue weighted by Crippen LogP contribution is -2.38. The Morgan fingerprint density at radius 2 is 2.20 bits per heavy atom. The first-order valence-electron chi connectivity index (χ1n) is 7.29. The summed E-state index contributed by atoms with van der Waals surface area (Å²) in [6.45, 7) is 2.76. The fourth-order valence-electron chi connectivity index (χ4n) is 3.15. The van der Waals surface area contributed by atoms with Gasteiger partial charge in [-0.05, 0) is 30.9 Å². The second kappa shape index (κ2) is 5.56. The molecule has 0 saturated heterocycles. The molecule has 1 aromatic heterocycles. The van der Waals surface area contributed by atoms with Crippen LogP contribution in [0, 0.1) is 5.92 Å². The highest BCUT2D eigenvalue weighted by molar-refractivity contribution is 6.28. The number of hydrogen-bond acceptors (Lipinski definition) is 4. The average Bonchev–Trinajstić information content (AvgIpc) is 2.92. The number of nitrogens with one attached hydrogen (secondary N) is 1. The molecule has 1 aromatic rings. The van der Waals surface area contributed by atoms with Crippen LogP contribution >= 0.6 is 11.6 Å². The predicted octanol–water partition coefficient (Wildman–Crippen LogP) is 2.86. The number of hydrogen-bond donors (Lipinski definition) is 1. The lowest BCUT2D eigenvalue weighted by molar-refractivity contribution is -0.119. The number of carbonyl (C=O) groups is 1. The summed E-state index contributed by atoms with van der Waals surface area (Å²) in [5, 5.41) is 3.17. The minimum Gasteiger partial charge on any atom is -0.351 e. The van der Waals surface area contributed by atoms with Crippen LogP contribution in [0.2, 0.25) is 5.28 Å². The molecule has 20 heavy (non-hydrogen) atoms. The minimum absolute atomic E-state index is 0.0106. The maximum absolute atomic E-state index is 12.2. The molecule has 2 heterocycles. The summed E-state index contributed by atoms with van der Waals surface area (Å²) in [5.74, 6) is 0.824. The zero-order chi connectivity index (χ0) is 14.1. The maximum Gasteiger partial charge on any atom is 0.229 e. The maximum atomic E-state index is 12.2. The molecule has 0 radical (unpaired) electrons. The van der Waals surface area contributed by atoms with E-state index < -0.39 is 0 Å². The van der Waals surface area contributed by atoms with Gasteiger partial charge in [0.2, 0.25) is 11.2 Å². The number of rotatable bonds is 2. The summed E-state index contributed by atoms with van der Waals surface area (Å²) in [6, 6.07) is 0.460. The summed E-state index contributed by atoms with van der Waals surface area (Å²) < 4.78 is 0. The molecule has 1 unspecified atom stereocenters. The topological polar surface area (TPSA) is 58.1 Å². The van der Waals surface area contributed by atoms with E-state index >= 15 is 0 Å². The predicted molar refractivity (Wildman–Crippen MR) is 79.1 cm³/mol. The van der Waals surface area contributed by atoms with Crippen molar-refractivity contribution in [1.29, 1.82) is 0 Å². The van der Waals surface area contributed by atoms with Gasteiger partial charge in [-0.1, -0.05) is 19.8 Å². The molecule has 1 amide bonds. The van der Waals surface area contributed by atoms with Gasteiger partial charge in [0.25, 0.3) is 0 Å². The first-order chi connectivity index (χ1) is 9.69. The van der Waals surface area contributed by atoms with E-state index in [2.05, 4.69) is 20.2 Å². The number of anilines is 2. The first kappa shape index (κ1) is 13.6. The molecule has 1 saturated carbocycles. The van der Waals surface area contributed by atoms with Crippen molar-refractivity contribution in [1.82, 2.24) is 9.97 Å². The number of aromatic nitrogens is 2. The Kier molecular flexibility index (Phi) is 3.78. The van der Waals surface area contributed by atoms with Gasteiger partial charge in [0, 0.05) is 12.6 Å². The zero-order valence-corrected chi connectivity index (χ0v) is 12.4. The number of amides is 1. The van der Waals surface area contributed by atoms with Crippen LogP contribution in [-0.2, 0) is 4.79 Å². The van der Waals surface area contributed by atoms with E-state index in [1.54, 1.807) is 6.20 Å². The second-order valence-corrected chi connectivity index (χ2v) is 5.90. The molecule has 0 spiro atoms. The number of fused-ring (bicyclic) bond motifs is 1. The molecule has 5 nitrogen and oxygen atoms in total. The van der Waals surface area contributed by atoms with Crippen LogP contribution in [0.4, 0.5) is 11.5 Å². The van der Waals surface area contributed by atoms with E-state index in [4.69, 9.17) is 11.6 Å². The second-order valence-electron chi connectivity index (χ2n) is 5.56. The van der Waals surface area contributed by atoms with Gasteiger partial charge in [-0.3, -0.25) is 4.79 Å². The van der Waals surface area contributed by atoms with E-state index in [1.807, 2.05) is 6.92 Å². The molecule has 1 aliphatic heterocycles. The fraction of sp³-hybridized carbons (Fsp3) is 0.643. The third-order valence-electron chi connectivity index (χ3n) is 4.32. The van der Waals surface area contributed by atoms with E-state index in [0.29, 0.717) is 18.3 Å². The molecule has 0 aromatic carbocycles. The van der Waals surface area contributed by atoms with Crippen molar-refractivity contribution >= 4 is 29.0 Å². The Morgan fingerprint density at radius 1 is 1.45 bits per heavy atom. The Labute approximate surface area is 123 Å². The van der Waals surface area contributed by atoms with Crippen LogP contribution in [0.5, 0.6) is 0 Å². The molecule has 1 aliphatic carbocycles. The van der Waals surface area contributed by atoms with Gasteiger partial charge in [-0.2, -0.15) is 4.98 Å².